The van der Waals surface area contributed by atoms with Crippen LogP contribution in [0.2, 0.25) is 0 Å². The van der Waals surface area contributed by atoms with E-state index in [9.17, 15) is 19.2 Å². The summed E-state index contributed by atoms with van der Waals surface area (Å²) in [4.78, 5) is 44.9. The van der Waals surface area contributed by atoms with Gasteiger partial charge in [0.2, 0.25) is 11.8 Å². The van der Waals surface area contributed by atoms with Gasteiger partial charge in [-0.15, -0.1) is 0 Å². The van der Waals surface area contributed by atoms with Gasteiger partial charge in [-0.25, -0.2) is 5.01 Å². The largest absolute Gasteiger partial charge is 0.481 e. The van der Waals surface area contributed by atoms with Gasteiger partial charge in [0, 0.05) is 12.8 Å². The highest BCUT2D eigenvalue weighted by Crippen LogP contribution is 2.16. The van der Waals surface area contributed by atoms with Gasteiger partial charge in [0.25, 0.3) is 5.91 Å². The van der Waals surface area contributed by atoms with E-state index in [4.69, 9.17) is 5.11 Å². The Hall–Kier alpha value is -1.44. The third kappa shape index (κ3) is 3.26. The van der Waals surface area contributed by atoms with Crippen LogP contribution in [0.3, 0.4) is 0 Å². The summed E-state index contributed by atoms with van der Waals surface area (Å²) >= 11 is 2.92. The second-order valence-electron chi connectivity index (χ2n) is 3.39. The molecule has 0 aromatic rings. The average Bonchev–Trinajstić information content (AvgIpc) is 2.60. The molecule has 1 fully saturated rings. The number of halogens is 1. The Bertz CT molecular complexity index is 354. The lowest BCUT2D eigenvalue weighted by Gasteiger charge is -2.28. The normalized spacial score (nSPS) is 15.2. The topological polar surface area (TPSA) is 95.0 Å². The molecule has 1 saturated heterocycles. The maximum absolute atomic E-state index is 11.5. The minimum Gasteiger partial charge on any atom is -0.481 e. The zero-order valence-electron chi connectivity index (χ0n) is 8.89. The summed E-state index contributed by atoms with van der Waals surface area (Å²) in [5, 5.41) is 10.1. The molecule has 8 heteroatoms. The maximum atomic E-state index is 11.5. The fraction of sp³-hybridized carbons (Fsp3) is 0.556. The second-order valence-corrected chi connectivity index (χ2v) is 3.95. The van der Waals surface area contributed by atoms with Gasteiger partial charge in [-0.05, 0) is 0 Å². The molecular weight excluding hydrogens is 296 g/mol. The summed E-state index contributed by atoms with van der Waals surface area (Å²) in [6, 6.07) is 0. The highest BCUT2D eigenvalue weighted by atomic mass is 79.9. The quantitative estimate of drug-likeness (QED) is 0.558. The number of carbonyl (C=O) groups is 4. The van der Waals surface area contributed by atoms with Crippen LogP contribution in [-0.4, -0.2) is 50.7 Å². The van der Waals surface area contributed by atoms with E-state index in [1.165, 1.54) is 0 Å². The number of carboxylic acids is 1. The standard InChI is InChI=1S/C9H11BrN2O5/c10-5-8(15)11(4-3-9(16)17)12-6(13)1-2-7(12)14/h1-5H2,(H,16,17). The summed E-state index contributed by atoms with van der Waals surface area (Å²) in [5.74, 6) is -2.57. The Morgan fingerprint density at radius 2 is 1.82 bits per heavy atom. The average molecular weight is 307 g/mol. The Morgan fingerprint density at radius 1 is 1.29 bits per heavy atom. The lowest BCUT2D eigenvalue weighted by atomic mass is 10.4. The number of aliphatic carboxylic acids is 1. The van der Waals surface area contributed by atoms with Gasteiger partial charge in [-0.2, -0.15) is 5.01 Å². The smallest absolute Gasteiger partial charge is 0.305 e. The van der Waals surface area contributed by atoms with Crippen molar-refractivity contribution in [3.05, 3.63) is 0 Å². The van der Waals surface area contributed by atoms with Gasteiger partial charge in [-0.1, -0.05) is 15.9 Å². The van der Waals surface area contributed by atoms with Crippen molar-refractivity contribution in [2.24, 2.45) is 0 Å². The van der Waals surface area contributed by atoms with Crippen LogP contribution < -0.4 is 0 Å². The number of carbonyl (C=O) groups excluding carboxylic acids is 3. The van der Waals surface area contributed by atoms with Crippen molar-refractivity contribution >= 4 is 39.6 Å². The Labute approximate surface area is 105 Å². The van der Waals surface area contributed by atoms with Gasteiger partial charge < -0.3 is 5.11 Å². The van der Waals surface area contributed by atoms with Gasteiger partial charge in [0.1, 0.15) is 0 Å². The second kappa shape index (κ2) is 5.76. The molecular formula is C9H11BrN2O5. The van der Waals surface area contributed by atoms with Crippen molar-refractivity contribution in [1.29, 1.82) is 0 Å². The molecule has 94 valence electrons. The molecule has 0 aromatic carbocycles. The molecule has 1 N–H and O–H groups in total. The Kier molecular flexibility index (Phi) is 4.62. The molecule has 7 nitrogen and oxygen atoms in total. The maximum Gasteiger partial charge on any atom is 0.305 e. The van der Waals surface area contributed by atoms with Gasteiger partial charge in [0.15, 0.2) is 0 Å². The first kappa shape index (κ1) is 13.6. The molecule has 1 heterocycles. The van der Waals surface area contributed by atoms with E-state index in [0.717, 1.165) is 10.0 Å². The lowest BCUT2D eigenvalue weighted by molar-refractivity contribution is -0.168. The minimum atomic E-state index is -1.10. The van der Waals surface area contributed by atoms with Crippen LogP contribution in [0.25, 0.3) is 0 Å². The van der Waals surface area contributed by atoms with E-state index in [1.54, 1.807) is 0 Å². The van der Waals surface area contributed by atoms with Gasteiger partial charge in [-0.3, -0.25) is 19.2 Å². The van der Waals surface area contributed by atoms with Crippen LogP contribution in [0, 0.1) is 0 Å². The van der Waals surface area contributed by atoms with E-state index < -0.39 is 23.7 Å². The number of amides is 3. The first-order valence-electron chi connectivity index (χ1n) is 4.91. The number of nitrogens with zero attached hydrogens (tertiary/aromatic N) is 2. The zero-order chi connectivity index (χ0) is 13.0. The summed E-state index contributed by atoms with van der Waals surface area (Å²) in [5.41, 5.74) is 0. The van der Waals surface area contributed by atoms with Crippen molar-refractivity contribution in [2.45, 2.75) is 19.3 Å². The molecule has 0 saturated carbocycles. The summed E-state index contributed by atoms with van der Waals surface area (Å²) in [6.07, 6.45) is -0.217. The van der Waals surface area contributed by atoms with Crippen molar-refractivity contribution in [1.82, 2.24) is 10.0 Å². The Balaban J connectivity index is 2.81. The molecule has 0 radical (unpaired) electrons. The van der Waals surface area contributed by atoms with E-state index in [1.807, 2.05) is 0 Å². The van der Waals surface area contributed by atoms with Crippen molar-refractivity contribution < 1.29 is 24.3 Å². The zero-order valence-corrected chi connectivity index (χ0v) is 10.5. The molecule has 0 bridgehead atoms. The molecule has 17 heavy (non-hydrogen) atoms. The highest BCUT2D eigenvalue weighted by Gasteiger charge is 2.36. The molecule has 1 aliphatic rings. The number of hydrogen-bond acceptors (Lipinski definition) is 4. The summed E-state index contributed by atoms with van der Waals surface area (Å²) in [6.45, 7) is -0.197. The van der Waals surface area contributed by atoms with E-state index in [0.29, 0.717) is 0 Å². The molecule has 0 aromatic heterocycles. The van der Waals surface area contributed by atoms with Crippen molar-refractivity contribution in [2.75, 3.05) is 11.9 Å². The molecule has 1 rings (SSSR count). The third-order valence-corrected chi connectivity index (χ3v) is 2.69. The number of hydrogen-bond donors (Lipinski definition) is 1. The number of carboxylic acid groups (broad SMARTS) is 1. The fourth-order valence-corrected chi connectivity index (χ4v) is 1.73. The first-order valence-corrected chi connectivity index (χ1v) is 6.03. The van der Waals surface area contributed by atoms with Crippen LogP contribution in [0.15, 0.2) is 0 Å². The molecule has 1 aliphatic heterocycles. The van der Waals surface area contributed by atoms with Crippen LogP contribution in [-0.2, 0) is 19.2 Å². The summed E-state index contributed by atoms with van der Waals surface area (Å²) in [7, 11) is 0. The molecule has 0 aliphatic carbocycles. The van der Waals surface area contributed by atoms with E-state index in [-0.39, 0.29) is 31.1 Å². The number of rotatable bonds is 5. The number of imide groups is 1. The number of hydrazine groups is 1. The molecule has 0 spiro atoms. The third-order valence-electron chi connectivity index (χ3n) is 2.21. The van der Waals surface area contributed by atoms with Crippen LogP contribution in [0.5, 0.6) is 0 Å². The molecule has 0 unspecified atom stereocenters. The van der Waals surface area contributed by atoms with Gasteiger partial charge >= 0.3 is 5.97 Å². The number of alkyl halides is 1. The predicted octanol–water partition coefficient (Wildman–Crippen LogP) is -0.251. The predicted molar refractivity (Wildman–Crippen MR) is 58.8 cm³/mol. The van der Waals surface area contributed by atoms with Crippen LogP contribution in [0.4, 0.5) is 0 Å². The van der Waals surface area contributed by atoms with Gasteiger partial charge in [0.05, 0.1) is 18.3 Å². The Morgan fingerprint density at radius 3 is 2.24 bits per heavy atom. The minimum absolute atomic E-state index is 0.0535. The van der Waals surface area contributed by atoms with E-state index >= 15 is 0 Å². The first-order chi connectivity index (χ1) is 7.97. The highest BCUT2D eigenvalue weighted by molar-refractivity contribution is 9.09. The van der Waals surface area contributed by atoms with Crippen molar-refractivity contribution in [3.63, 3.8) is 0 Å². The molecule has 3 amide bonds. The van der Waals surface area contributed by atoms with Crippen molar-refractivity contribution in [3.8, 4) is 0 Å². The monoisotopic (exact) mass is 306 g/mol. The van der Waals surface area contributed by atoms with Crippen LogP contribution >= 0.6 is 15.9 Å². The SMILES string of the molecule is O=C(O)CCN(C(=O)CBr)N1C(=O)CCC1=O. The summed E-state index contributed by atoms with van der Waals surface area (Å²) < 4.78 is 0. The van der Waals surface area contributed by atoms with Crippen LogP contribution in [0.1, 0.15) is 19.3 Å². The van der Waals surface area contributed by atoms with E-state index in [2.05, 4.69) is 15.9 Å². The molecule has 0 atom stereocenters. The fourth-order valence-electron chi connectivity index (χ4n) is 1.44. The lowest BCUT2D eigenvalue weighted by Crippen LogP contribution is -2.50.